The molecule has 1 aromatic carbocycles. The van der Waals surface area contributed by atoms with Crippen LogP contribution in [0.1, 0.15) is 50.7 Å². The zero-order valence-corrected chi connectivity index (χ0v) is 11.5. The summed E-state index contributed by atoms with van der Waals surface area (Å²) in [7, 11) is 0. The fourth-order valence-electron chi connectivity index (χ4n) is 2.04. The van der Waals surface area contributed by atoms with E-state index in [0.717, 1.165) is 5.56 Å². The van der Waals surface area contributed by atoms with Gasteiger partial charge >= 0.3 is 5.97 Å². The SMILES string of the molecule is CC(CC(=O)O)CC(F)(F)c1ccc(C(C)C)cc1. The summed E-state index contributed by atoms with van der Waals surface area (Å²) >= 11 is 0. The number of hydrogen-bond acceptors (Lipinski definition) is 1. The van der Waals surface area contributed by atoms with Gasteiger partial charge in [0.25, 0.3) is 5.92 Å². The molecular formula is C15H20F2O2. The topological polar surface area (TPSA) is 37.3 Å². The third kappa shape index (κ3) is 4.62. The summed E-state index contributed by atoms with van der Waals surface area (Å²) < 4.78 is 28.0. The van der Waals surface area contributed by atoms with Crippen molar-refractivity contribution >= 4 is 5.97 Å². The Labute approximate surface area is 112 Å². The number of hydrogen-bond donors (Lipinski definition) is 1. The van der Waals surface area contributed by atoms with Crippen molar-refractivity contribution in [2.45, 2.75) is 45.5 Å². The molecule has 0 saturated heterocycles. The predicted octanol–water partition coefficient (Wildman–Crippen LogP) is 4.40. The molecule has 1 rings (SSSR count). The summed E-state index contributed by atoms with van der Waals surface area (Å²) in [6.07, 6.45) is -0.681. The van der Waals surface area contributed by atoms with Crippen LogP contribution in [0.25, 0.3) is 0 Å². The normalized spacial score (nSPS) is 13.6. The highest BCUT2D eigenvalue weighted by Gasteiger charge is 2.33. The minimum absolute atomic E-state index is 0.0471. The van der Waals surface area contributed by atoms with E-state index in [1.165, 1.54) is 19.1 Å². The molecular weight excluding hydrogens is 250 g/mol. The second-order valence-corrected chi connectivity index (χ2v) is 5.39. The lowest BCUT2D eigenvalue weighted by Crippen LogP contribution is -2.19. The maximum absolute atomic E-state index is 14.0. The van der Waals surface area contributed by atoms with Crippen LogP contribution in [0.3, 0.4) is 0 Å². The quantitative estimate of drug-likeness (QED) is 0.831. The molecule has 0 amide bonds. The van der Waals surface area contributed by atoms with Gasteiger partial charge in [-0.2, -0.15) is 0 Å². The lowest BCUT2D eigenvalue weighted by molar-refractivity contribution is -0.138. The van der Waals surface area contributed by atoms with Gasteiger partial charge in [0.2, 0.25) is 0 Å². The molecule has 1 unspecified atom stereocenters. The molecule has 19 heavy (non-hydrogen) atoms. The molecule has 2 nitrogen and oxygen atoms in total. The van der Waals surface area contributed by atoms with Crippen LogP contribution in [-0.4, -0.2) is 11.1 Å². The first-order valence-corrected chi connectivity index (χ1v) is 6.42. The van der Waals surface area contributed by atoms with E-state index in [-0.39, 0.29) is 12.0 Å². The van der Waals surface area contributed by atoms with Crippen LogP contribution in [0.5, 0.6) is 0 Å². The van der Waals surface area contributed by atoms with Gasteiger partial charge in [0.1, 0.15) is 0 Å². The minimum atomic E-state index is -2.98. The Morgan fingerprint density at radius 3 is 2.16 bits per heavy atom. The van der Waals surface area contributed by atoms with Gasteiger partial charge in [0.05, 0.1) is 0 Å². The lowest BCUT2D eigenvalue weighted by atomic mass is 9.93. The van der Waals surface area contributed by atoms with Crippen molar-refractivity contribution in [3.63, 3.8) is 0 Å². The van der Waals surface area contributed by atoms with Crippen LogP contribution in [0.4, 0.5) is 8.78 Å². The van der Waals surface area contributed by atoms with E-state index in [2.05, 4.69) is 0 Å². The predicted molar refractivity (Wildman–Crippen MR) is 70.5 cm³/mol. The van der Waals surface area contributed by atoms with Crippen LogP contribution < -0.4 is 0 Å². The van der Waals surface area contributed by atoms with Crippen LogP contribution in [0.2, 0.25) is 0 Å². The maximum Gasteiger partial charge on any atom is 0.303 e. The van der Waals surface area contributed by atoms with Gasteiger partial charge in [-0.1, -0.05) is 45.0 Å². The number of halogens is 2. The fraction of sp³-hybridized carbons (Fsp3) is 0.533. The zero-order valence-electron chi connectivity index (χ0n) is 11.5. The molecule has 106 valence electrons. The van der Waals surface area contributed by atoms with E-state index in [9.17, 15) is 13.6 Å². The fourth-order valence-corrected chi connectivity index (χ4v) is 2.04. The molecule has 0 radical (unpaired) electrons. The second-order valence-electron chi connectivity index (χ2n) is 5.39. The third-order valence-corrected chi connectivity index (χ3v) is 3.13. The highest BCUT2D eigenvalue weighted by Crippen LogP contribution is 2.36. The molecule has 0 bridgehead atoms. The summed E-state index contributed by atoms with van der Waals surface area (Å²) in [5.41, 5.74) is 0.965. The number of carbonyl (C=O) groups is 1. The summed E-state index contributed by atoms with van der Waals surface area (Å²) in [4.78, 5) is 10.5. The Bertz CT molecular complexity index is 424. The van der Waals surface area contributed by atoms with E-state index in [4.69, 9.17) is 5.11 Å². The van der Waals surface area contributed by atoms with Crippen molar-refractivity contribution < 1.29 is 18.7 Å². The molecule has 0 spiro atoms. The average Bonchev–Trinajstić information content (AvgIpc) is 2.27. The van der Waals surface area contributed by atoms with Crippen molar-refractivity contribution in [3.05, 3.63) is 35.4 Å². The monoisotopic (exact) mass is 270 g/mol. The molecule has 0 heterocycles. The number of aliphatic carboxylic acids is 1. The van der Waals surface area contributed by atoms with Crippen molar-refractivity contribution in [2.75, 3.05) is 0 Å². The lowest BCUT2D eigenvalue weighted by Gasteiger charge is -2.20. The molecule has 4 heteroatoms. The molecule has 1 aromatic rings. The van der Waals surface area contributed by atoms with Crippen molar-refractivity contribution in [1.82, 2.24) is 0 Å². The summed E-state index contributed by atoms with van der Waals surface area (Å²) in [5, 5.41) is 8.60. The van der Waals surface area contributed by atoms with Crippen molar-refractivity contribution in [1.29, 1.82) is 0 Å². The van der Waals surface area contributed by atoms with E-state index >= 15 is 0 Å². The largest absolute Gasteiger partial charge is 0.481 e. The number of benzene rings is 1. The van der Waals surface area contributed by atoms with Gasteiger partial charge in [0, 0.05) is 18.4 Å². The highest BCUT2D eigenvalue weighted by molar-refractivity contribution is 5.66. The van der Waals surface area contributed by atoms with Crippen LogP contribution >= 0.6 is 0 Å². The van der Waals surface area contributed by atoms with Crippen LogP contribution in [0, 0.1) is 5.92 Å². The first kappa shape index (κ1) is 15.6. The van der Waals surface area contributed by atoms with E-state index in [1.807, 2.05) is 13.8 Å². The van der Waals surface area contributed by atoms with Crippen molar-refractivity contribution in [3.8, 4) is 0 Å². The Kier molecular flexibility index (Phi) is 5.04. The van der Waals surface area contributed by atoms with E-state index < -0.39 is 24.2 Å². The molecule has 0 aliphatic rings. The Morgan fingerprint density at radius 2 is 1.74 bits per heavy atom. The number of rotatable bonds is 6. The maximum atomic E-state index is 14.0. The first-order chi connectivity index (χ1) is 8.72. The van der Waals surface area contributed by atoms with Crippen LogP contribution in [-0.2, 0) is 10.7 Å². The molecule has 0 aromatic heterocycles. The average molecular weight is 270 g/mol. The van der Waals surface area contributed by atoms with Gasteiger partial charge in [-0.3, -0.25) is 4.79 Å². The van der Waals surface area contributed by atoms with E-state index in [1.54, 1.807) is 12.1 Å². The number of carboxylic acids is 1. The Morgan fingerprint density at radius 1 is 1.21 bits per heavy atom. The summed E-state index contributed by atoms with van der Waals surface area (Å²) in [6.45, 7) is 5.54. The van der Waals surface area contributed by atoms with Gasteiger partial charge in [-0.05, 0) is 17.4 Å². The Balaban J connectivity index is 2.78. The second kappa shape index (κ2) is 6.13. The zero-order chi connectivity index (χ0) is 14.6. The number of carboxylic acid groups (broad SMARTS) is 1. The van der Waals surface area contributed by atoms with Crippen LogP contribution in [0.15, 0.2) is 24.3 Å². The standard InChI is InChI=1S/C15H20F2O2/c1-10(2)12-4-6-13(7-5-12)15(16,17)9-11(3)8-14(18)19/h4-7,10-11H,8-9H2,1-3H3,(H,18,19). The van der Waals surface area contributed by atoms with Crippen molar-refractivity contribution in [2.24, 2.45) is 5.92 Å². The number of alkyl halides is 2. The Hall–Kier alpha value is -1.45. The van der Waals surface area contributed by atoms with Gasteiger partial charge in [-0.15, -0.1) is 0 Å². The van der Waals surface area contributed by atoms with Gasteiger partial charge in [0.15, 0.2) is 0 Å². The minimum Gasteiger partial charge on any atom is -0.481 e. The third-order valence-electron chi connectivity index (χ3n) is 3.13. The smallest absolute Gasteiger partial charge is 0.303 e. The molecule has 0 saturated carbocycles. The molecule has 1 atom stereocenters. The molecule has 1 N–H and O–H groups in total. The van der Waals surface area contributed by atoms with Gasteiger partial charge in [-0.25, -0.2) is 8.78 Å². The first-order valence-electron chi connectivity index (χ1n) is 6.42. The molecule has 0 aliphatic carbocycles. The molecule has 0 aliphatic heterocycles. The molecule has 0 fully saturated rings. The summed E-state index contributed by atoms with van der Waals surface area (Å²) in [6, 6.07) is 6.27. The summed E-state index contributed by atoms with van der Waals surface area (Å²) in [5.74, 6) is -4.28. The highest BCUT2D eigenvalue weighted by atomic mass is 19.3. The van der Waals surface area contributed by atoms with E-state index in [0.29, 0.717) is 5.92 Å². The van der Waals surface area contributed by atoms with Gasteiger partial charge < -0.3 is 5.11 Å².